The molecule has 2 aliphatic heterocycles. The lowest BCUT2D eigenvalue weighted by Gasteiger charge is -2.33. The van der Waals surface area contributed by atoms with Gasteiger partial charge in [-0.2, -0.15) is 0 Å². The van der Waals surface area contributed by atoms with Crippen LogP contribution in [0.4, 0.5) is 4.39 Å². The summed E-state index contributed by atoms with van der Waals surface area (Å²) >= 11 is 3.97. The number of halogens is 1. The van der Waals surface area contributed by atoms with Crippen molar-refractivity contribution in [3.63, 3.8) is 0 Å². The van der Waals surface area contributed by atoms with E-state index in [4.69, 9.17) is 4.52 Å². The number of aromatic nitrogens is 2. The van der Waals surface area contributed by atoms with Gasteiger partial charge in [-0.3, -0.25) is 4.79 Å². The molecular formula is C29H39FN4O2S2. The van der Waals surface area contributed by atoms with E-state index in [2.05, 4.69) is 53.5 Å². The second-order valence-electron chi connectivity index (χ2n) is 10.5. The smallest absolute Gasteiger partial charge is 0.256 e. The Morgan fingerprint density at radius 1 is 1.13 bits per heavy atom. The maximum absolute atomic E-state index is 13.8. The maximum Gasteiger partial charge on any atom is 0.256 e. The zero-order valence-electron chi connectivity index (χ0n) is 23.0. The largest absolute Gasteiger partial charge is 0.356 e. The molecule has 0 N–H and O–H groups in total. The van der Waals surface area contributed by atoms with Crippen molar-refractivity contribution in [2.75, 3.05) is 44.2 Å². The number of carbonyl (C=O) groups is 1. The molecular weight excluding hydrogens is 519 g/mol. The summed E-state index contributed by atoms with van der Waals surface area (Å²) in [5.74, 6) is 2.30. The van der Waals surface area contributed by atoms with Crippen LogP contribution in [0.15, 0.2) is 28.9 Å². The Hall–Kier alpha value is -1.97. The van der Waals surface area contributed by atoms with Gasteiger partial charge in [0.25, 0.3) is 5.91 Å². The molecule has 2 aromatic heterocycles. The number of likely N-dealkylation sites (tertiary alicyclic amines) is 1. The minimum Gasteiger partial charge on any atom is -0.356 e. The van der Waals surface area contributed by atoms with Crippen LogP contribution in [0.1, 0.15) is 72.8 Å². The highest BCUT2D eigenvalue weighted by molar-refractivity contribution is 8.17. The standard InChI is InChI=1S/C29H39FN4O2S2/c1-5-37-29(38-6-2)12-17-34(28(35)25-20(3)19-32(4)27(25)29)14-7-13-33-15-10-21(11-16-33)26-23-9-8-22(30)18-24(23)36-31-26/h8-9,18-19,21H,5-7,10-17H2,1-4H3. The van der Waals surface area contributed by atoms with Crippen molar-refractivity contribution in [3.8, 4) is 0 Å². The lowest BCUT2D eigenvalue weighted by molar-refractivity contribution is 0.0750. The number of piperidine rings is 1. The molecule has 2 aliphatic rings. The third-order valence-electron chi connectivity index (χ3n) is 8.04. The van der Waals surface area contributed by atoms with E-state index in [1.165, 1.54) is 17.8 Å². The fourth-order valence-corrected chi connectivity index (χ4v) is 9.52. The number of aryl methyl sites for hydroxylation is 2. The highest BCUT2D eigenvalue weighted by Gasteiger charge is 2.43. The van der Waals surface area contributed by atoms with Crippen LogP contribution >= 0.6 is 23.5 Å². The number of thioether (sulfide) groups is 2. The Morgan fingerprint density at radius 3 is 2.58 bits per heavy atom. The minimum absolute atomic E-state index is 0.0782. The Labute approximate surface area is 233 Å². The van der Waals surface area contributed by atoms with E-state index in [0.717, 1.165) is 92.1 Å². The van der Waals surface area contributed by atoms with Crippen LogP contribution in [0, 0.1) is 12.7 Å². The molecule has 0 saturated carbocycles. The normalized spacial score (nSPS) is 18.8. The van der Waals surface area contributed by atoms with Gasteiger partial charge in [0, 0.05) is 43.7 Å². The van der Waals surface area contributed by atoms with E-state index < -0.39 is 0 Å². The maximum atomic E-state index is 13.8. The molecule has 1 fully saturated rings. The number of carbonyl (C=O) groups excluding carboxylic acids is 1. The summed E-state index contributed by atoms with van der Waals surface area (Å²) in [7, 11) is 2.10. The highest BCUT2D eigenvalue weighted by atomic mass is 32.2. The molecule has 0 aliphatic carbocycles. The Morgan fingerprint density at radius 2 is 1.87 bits per heavy atom. The number of rotatable bonds is 9. The molecule has 0 bridgehead atoms. The lowest BCUT2D eigenvalue weighted by Crippen LogP contribution is -2.37. The Kier molecular flexibility index (Phi) is 8.45. The molecule has 1 aromatic carbocycles. The fraction of sp³-hybridized carbons (Fsp3) is 0.586. The molecule has 6 nitrogen and oxygen atoms in total. The number of fused-ring (bicyclic) bond motifs is 2. The zero-order chi connectivity index (χ0) is 26.9. The molecule has 9 heteroatoms. The van der Waals surface area contributed by atoms with Gasteiger partial charge in [0.2, 0.25) is 0 Å². The molecule has 3 aromatic rings. The van der Waals surface area contributed by atoms with E-state index in [-0.39, 0.29) is 15.8 Å². The second-order valence-corrected chi connectivity index (χ2v) is 13.9. The average Bonchev–Trinajstić information content (AvgIpc) is 3.42. The van der Waals surface area contributed by atoms with Crippen molar-refractivity contribution < 1.29 is 13.7 Å². The van der Waals surface area contributed by atoms with Crippen molar-refractivity contribution in [1.82, 2.24) is 19.5 Å². The lowest BCUT2D eigenvalue weighted by atomic mass is 9.91. The number of hydrogen-bond acceptors (Lipinski definition) is 6. The molecule has 1 saturated heterocycles. The van der Waals surface area contributed by atoms with Gasteiger partial charge in [0.1, 0.15) is 9.90 Å². The van der Waals surface area contributed by atoms with E-state index in [0.29, 0.717) is 11.5 Å². The molecule has 0 atom stereocenters. The fourth-order valence-electron chi connectivity index (χ4n) is 6.31. The second kappa shape index (κ2) is 11.6. The highest BCUT2D eigenvalue weighted by Crippen LogP contribution is 2.52. The van der Waals surface area contributed by atoms with Gasteiger partial charge < -0.3 is 18.9 Å². The average molecular weight is 559 g/mol. The summed E-state index contributed by atoms with van der Waals surface area (Å²) < 4.78 is 21.0. The molecule has 0 spiro atoms. The number of amides is 1. The van der Waals surface area contributed by atoms with Gasteiger partial charge in [0.05, 0.1) is 17.0 Å². The third-order valence-corrected chi connectivity index (χ3v) is 11.0. The number of benzene rings is 1. The van der Waals surface area contributed by atoms with Crippen molar-refractivity contribution in [2.45, 2.75) is 56.5 Å². The first-order valence-electron chi connectivity index (χ1n) is 13.9. The molecule has 38 heavy (non-hydrogen) atoms. The zero-order valence-corrected chi connectivity index (χ0v) is 24.6. The van der Waals surface area contributed by atoms with E-state index in [1.807, 2.05) is 23.5 Å². The van der Waals surface area contributed by atoms with Crippen LogP contribution in [0.2, 0.25) is 0 Å². The first-order chi connectivity index (χ1) is 18.4. The summed E-state index contributed by atoms with van der Waals surface area (Å²) in [5, 5.41) is 5.21. The van der Waals surface area contributed by atoms with Crippen LogP contribution in [0.25, 0.3) is 11.0 Å². The quantitative estimate of drug-likeness (QED) is 0.284. The summed E-state index contributed by atoms with van der Waals surface area (Å²) in [5.41, 5.74) is 4.70. The molecule has 206 valence electrons. The van der Waals surface area contributed by atoms with Crippen LogP contribution in [-0.4, -0.2) is 69.7 Å². The van der Waals surface area contributed by atoms with E-state index >= 15 is 0 Å². The minimum atomic E-state index is -0.296. The molecule has 1 amide bonds. The SMILES string of the molecule is CCSC1(SCC)CCN(CCCN2CCC(c3noc4cc(F)ccc34)CC2)C(=O)c2c(C)cn(C)c21. The number of hydrogen-bond donors (Lipinski definition) is 0. The summed E-state index contributed by atoms with van der Waals surface area (Å²) in [6.45, 7) is 11.1. The van der Waals surface area contributed by atoms with Gasteiger partial charge in [-0.25, -0.2) is 4.39 Å². The summed E-state index contributed by atoms with van der Waals surface area (Å²) in [6, 6.07) is 4.68. The van der Waals surface area contributed by atoms with Crippen molar-refractivity contribution in [1.29, 1.82) is 0 Å². The monoisotopic (exact) mass is 558 g/mol. The van der Waals surface area contributed by atoms with E-state index in [1.54, 1.807) is 6.07 Å². The summed E-state index contributed by atoms with van der Waals surface area (Å²) in [6.07, 6.45) is 6.10. The predicted octanol–water partition coefficient (Wildman–Crippen LogP) is 6.39. The summed E-state index contributed by atoms with van der Waals surface area (Å²) in [4.78, 5) is 18.4. The van der Waals surface area contributed by atoms with Crippen LogP contribution in [0.3, 0.4) is 0 Å². The molecule has 4 heterocycles. The Balaban J connectivity index is 1.20. The van der Waals surface area contributed by atoms with Gasteiger partial charge in [-0.05, 0) is 81.4 Å². The van der Waals surface area contributed by atoms with Crippen LogP contribution in [0.5, 0.6) is 0 Å². The molecule has 0 unspecified atom stereocenters. The first kappa shape index (κ1) is 27.6. The van der Waals surface area contributed by atoms with Gasteiger partial charge >= 0.3 is 0 Å². The van der Waals surface area contributed by atoms with Crippen molar-refractivity contribution in [3.05, 3.63) is 52.7 Å². The first-order valence-corrected chi connectivity index (χ1v) is 15.8. The van der Waals surface area contributed by atoms with Crippen LogP contribution < -0.4 is 0 Å². The van der Waals surface area contributed by atoms with Gasteiger partial charge in [0.15, 0.2) is 5.58 Å². The van der Waals surface area contributed by atoms with E-state index in [9.17, 15) is 9.18 Å². The van der Waals surface area contributed by atoms with Gasteiger partial charge in [-0.15, -0.1) is 23.5 Å². The third kappa shape index (κ3) is 5.26. The molecule has 0 radical (unpaired) electrons. The predicted molar refractivity (Wildman–Crippen MR) is 156 cm³/mol. The Bertz CT molecular complexity index is 1280. The number of nitrogens with zero attached hydrogens (tertiary/aromatic N) is 4. The van der Waals surface area contributed by atoms with Crippen LogP contribution in [-0.2, 0) is 11.1 Å². The van der Waals surface area contributed by atoms with Crippen molar-refractivity contribution >= 4 is 40.4 Å². The molecule has 5 rings (SSSR count). The van der Waals surface area contributed by atoms with Crippen molar-refractivity contribution in [2.24, 2.45) is 7.05 Å². The topological polar surface area (TPSA) is 54.5 Å². The van der Waals surface area contributed by atoms with Gasteiger partial charge in [-0.1, -0.05) is 19.0 Å².